The van der Waals surface area contributed by atoms with Gasteiger partial charge < -0.3 is 12.7 Å². The van der Waals surface area contributed by atoms with Gasteiger partial charge in [0, 0.05) is 4.57 Å². The number of hydrogen-bond donors (Lipinski definition) is 3. The zero-order valence-electron chi connectivity index (χ0n) is 5.45. The van der Waals surface area contributed by atoms with Crippen molar-refractivity contribution in [1.82, 2.24) is 0 Å². The second-order valence-electron chi connectivity index (χ2n) is 0.895. The van der Waals surface area contributed by atoms with Crippen LogP contribution in [0.5, 0.6) is 0 Å². The summed E-state index contributed by atoms with van der Waals surface area (Å²) in [6, 6.07) is 0. The van der Waals surface area contributed by atoms with Crippen molar-refractivity contribution >= 4 is 8.25 Å². The molecular weight excluding hydrogens is 168 g/mol. The molecule has 0 fully saturated rings. The number of nitrogens with two attached hydrogens (primary N) is 1. The van der Waals surface area contributed by atoms with Crippen LogP contribution in [-0.4, -0.2) is 16.3 Å². The summed E-state index contributed by atoms with van der Waals surface area (Å²) in [7, 11) is -2.87. The first-order valence-electron chi connectivity index (χ1n) is 1.99. The van der Waals surface area contributed by atoms with Gasteiger partial charge in [-0.15, -0.1) is 9.79 Å². The zero-order valence-corrected chi connectivity index (χ0v) is 9.47. The third-order valence-electron chi connectivity index (χ3n) is 0.204. The summed E-state index contributed by atoms with van der Waals surface area (Å²) in [5.74, 6) is 0. The fourth-order valence-corrected chi connectivity index (χ4v) is 0. The van der Waals surface area contributed by atoms with Crippen LogP contribution < -0.4 is 57.1 Å². The molecule has 50 valence electrons. The molecule has 0 aliphatic heterocycles. The Bertz CT molecular complexity index is 57.0. The normalized spacial score (nSPS) is 6.22. The smallest absolute Gasteiger partial charge is 0.342 e. The summed E-state index contributed by atoms with van der Waals surface area (Å²) in [6.07, 6.45) is 0.847. The van der Waals surface area contributed by atoms with Crippen LogP contribution in [0.15, 0.2) is 0 Å². The maximum Gasteiger partial charge on any atom is 1.00 e. The van der Waals surface area contributed by atoms with Crippen molar-refractivity contribution in [2.75, 3.05) is 6.54 Å². The molecule has 0 heterocycles. The van der Waals surface area contributed by atoms with E-state index in [1.807, 2.05) is 0 Å². The van der Waals surface area contributed by atoms with Crippen molar-refractivity contribution in [3.63, 3.8) is 0 Å². The molecule has 0 bridgehead atoms. The minimum absolute atomic E-state index is 0. The molecule has 0 rings (SSSR count). The molecule has 6 heteroatoms. The molecule has 0 unspecified atom stereocenters. The Kier molecular flexibility index (Phi) is 30.7. The van der Waals surface area contributed by atoms with E-state index in [1.54, 1.807) is 0 Å². The molecule has 0 radical (unpaired) electrons. The van der Waals surface area contributed by atoms with E-state index in [9.17, 15) is 0 Å². The van der Waals surface area contributed by atoms with Crippen LogP contribution in [0.3, 0.4) is 0 Å². The average Bonchev–Trinajstić information content (AvgIpc) is 1.65. The molecular formula is C3H10KNO3P+. The Labute approximate surface area is 98.2 Å². The molecule has 0 aromatic carbocycles. The largest absolute Gasteiger partial charge is 1.00 e. The average molecular weight is 178 g/mol. The van der Waals surface area contributed by atoms with Crippen molar-refractivity contribution in [1.29, 1.82) is 0 Å². The summed E-state index contributed by atoms with van der Waals surface area (Å²) in [6.45, 7) is 4.19. The molecule has 4 nitrogen and oxygen atoms in total. The van der Waals surface area contributed by atoms with E-state index in [4.69, 9.17) is 20.1 Å². The molecule has 0 amide bonds. The van der Waals surface area contributed by atoms with Crippen molar-refractivity contribution in [2.24, 2.45) is 5.73 Å². The van der Waals surface area contributed by atoms with Gasteiger partial charge >= 0.3 is 59.6 Å². The molecule has 0 aromatic rings. The SMILES string of the molecule is O=[P+](O)O.[CH2-]CCN.[K+]. The van der Waals surface area contributed by atoms with Crippen LogP contribution in [0.1, 0.15) is 6.42 Å². The Morgan fingerprint density at radius 1 is 1.56 bits per heavy atom. The monoisotopic (exact) mass is 178 g/mol. The van der Waals surface area contributed by atoms with E-state index in [0.717, 1.165) is 6.42 Å². The predicted octanol–water partition coefficient (Wildman–Crippen LogP) is -3.20. The Morgan fingerprint density at radius 2 is 1.67 bits per heavy atom. The van der Waals surface area contributed by atoms with Gasteiger partial charge in [-0.2, -0.15) is 6.42 Å². The molecule has 4 N–H and O–H groups in total. The van der Waals surface area contributed by atoms with Crippen molar-refractivity contribution in [3.05, 3.63) is 6.92 Å². The van der Waals surface area contributed by atoms with Crippen LogP contribution in [0.2, 0.25) is 0 Å². The van der Waals surface area contributed by atoms with Gasteiger partial charge in [0.25, 0.3) is 0 Å². The maximum absolute atomic E-state index is 8.70. The molecule has 0 aromatic heterocycles. The van der Waals surface area contributed by atoms with Gasteiger partial charge in [-0.25, -0.2) is 0 Å². The Hall–Kier alpha value is 1.62. The van der Waals surface area contributed by atoms with Crippen molar-refractivity contribution in [3.8, 4) is 0 Å². The summed E-state index contributed by atoms with van der Waals surface area (Å²) in [5.41, 5.74) is 4.97. The minimum atomic E-state index is -2.87. The topological polar surface area (TPSA) is 83.5 Å². The second kappa shape index (κ2) is 16.3. The predicted molar refractivity (Wildman–Crippen MR) is 31.1 cm³/mol. The fourth-order valence-electron chi connectivity index (χ4n) is 0. The molecule has 0 saturated heterocycles. The van der Waals surface area contributed by atoms with Crippen LogP contribution in [-0.2, 0) is 4.57 Å². The van der Waals surface area contributed by atoms with Crippen LogP contribution >= 0.6 is 8.25 Å². The van der Waals surface area contributed by atoms with Gasteiger partial charge in [0.1, 0.15) is 0 Å². The zero-order chi connectivity index (χ0) is 6.99. The molecule has 0 aliphatic carbocycles. The third kappa shape index (κ3) is 81.5. The Morgan fingerprint density at radius 3 is 1.67 bits per heavy atom. The second-order valence-corrected chi connectivity index (χ2v) is 1.40. The van der Waals surface area contributed by atoms with Crippen LogP contribution in [0.4, 0.5) is 0 Å². The van der Waals surface area contributed by atoms with Crippen molar-refractivity contribution in [2.45, 2.75) is 6.42 Å². The van der Waals surface area contributed by atoms with Gasteiger partial charge in [-0.1, -0.05) is 0 Å². The standard InChI is InChI=1S/C3H8N.K.HO3P/c1-2-3-4;;1-4(2)3/h1-4H2;;(H-,1,2,3)/q-1;+1;/p+1. The van der Waals surface area contributed by atoms with E-state index in [0.29, 0.717) is 6.54 Å². The van der Waals surface area contributed by atoms with E-state index in [-0.39, 0.29) is 51.4 Å². The fraction of sp³-hybridized carbons (Fsp3) is 0.667. The summed E-state index contributed by atoms with van der Waals surface area (Å²) < 4.78 is 8.70. The molecule has 0 saturated carbocycles. The first-order chi connectivity index (χ1) is 3.65. The molecule has 0 aliphatic rings. The van der Waals surface area contributed by atoms with E-state index < -0.39 is 8.25 Å². The van der Waals surface area contributed by atoms with Gasteiger partial charge in [0.15, 0.2) is 0 Å². The van der Waals surface area contributed by atoms with Gasteiger partial charge in [0.2, 0.25) is 0 Å². The van der Waals surface area contributed by atoms with Crippen LogP contribution in [0.25, 0.3) is 0 Å². The van der Waals surface area contributed by atoms with Gasteiger partial charge in [0.05, 0.1) is 0 Å². The first kappa shape index (κ1) is 16.9. The van der Waals surface area contributed by atoms with Gasteiger partial charge in [-0.3, -0.25) is 0 Å². The first-order valence-corrected chi connectivity index (χ1v) is 3.16. The molecule has 0 atom stereocenters. The Balaban J connectivity index is -0.0000000720. The van der Waals surface area contributed by atoms with E-state index in [1.165, 1.54) is 0 Å². The number of hydrogen-bond acceptors (Lipinski definition) is 2. The summed E-state index contributed by atoms with van der Waals surface area (Å²) >= 11 is 0. The summed E-state index contributed by atoms with van der Waals surface area (Å²) in [4.78, 5) is 14.2. The van der Waals surface area contributed by atoms with E-state index >= 15 is 0 Å². The third-order valence-corrected chi connectivity index (χ3v) is 0.204. The quantitative estimate of drug-likeness (QED) is 0.224. The van der Waals surface area contributed by atoms with Gasteiger partial charge in [-0.05, 0) is 6.54 Å². The molecule has 0 spiro atoms. The number of rotatable bonds is 1. The van der Waals surface area contributed by atoms with Crippen molar-refractivity contribution < 1.29 is 65.7 Å². The molecule has 9 heavy (non-hydrogen) atoms. The minimum Gasteiger partial charge on any atom is -0.342 e. The summed E-state index contributed by atoms with van der Waals surface area (Å²) in [5, 5.41) is 0. The van der Waals surface area contributed by atoms with E-state index in [2.05, 4.69) is 6.92 Å². The maximum atomic E-state index is 8.70. The van der Waals surface area contributed by atoms with Crippen LogP contribution in [0, 0.1) is 6.92 Å².